The highest BCUT2D eigenvalue weighted by Gasteiger charge is 2.41. The molecule has 0 aromatic rings. The van der Waals surface area contributed by atoms with Crippen LogP contribution in [0.25, 0.3) is 0 Å². The third-order valence-corrected chi connectivity index (χ3v) is 3.27. The lowest BCUT2D eigenvalue weighted by atomic mass is 9.97. The molecular weight excluding hydrogens is 174 g/mol. The van der Waals surface area contributed by atoms with E-state index in [-0.39, 0.29) is 0 Å². The van der Waals surface area contributed by atoms with E-state index in [1.807, 2.05) is 12.1 Å². The lowest BCUT2D eigenvalue weighted by Crippen LogP contribution is -2.35. The number of rotatable bonds is 6. The average molecular weight is 195 g/mol. The molecule has 0 radical (unpaired) electrons. The van der Waals surface area contributed by atoms with E-state index >= 15 is 0 Å². The van der Waals surface area contributed by atoms with E-state index in [4.69, 9.17) is 5.41 Å². The van der Waals surface area contributed by atoms with Gasteiger partial charge in [-0.15, -0.1) is 0 Å². The van der Waals surface area contributed by atoms with Gasteiger partial charge >= 0.3 is 0 Å². The summed E-state index contributed by atoms with van der Waals surface area (Å²) in [7, 11) is 1.85. The highest BCUT2D eigenvalue weighted by Crippen LogP contribution is 2.46. The largest absolute Gasteiger partial charge is 0.299 e. The zero-order valence-electron chi connectivity index (χ0n) is 9.38. The predicted octanol–water partition coefficient (Wildman–Crippen LogP) is 1.88. The van der Waals surface area contributed by atoms with Gasteiger partial charge in [0.15, 0.2) is 0 Å². The quantitative estimate of drug-likeness (QED) is 0.294. The minimum Gasteiger partial charge on any atom is -0.299 e. The Balaban J connectivity index is 2.32. The van der Waals surface area contributed by atoms with Crippen LogP contribution < -0.4 is 5.43 Å². The SMILES string of the molecule is C=C(C)[C@H](C)[C@@H]1CC1CN(C=N)NC. The second-order valence-corrected chi connectivity index (χ2v) is 4.30. The lowest BCUT2D eigenvalue weighted by molar-refractivity contribution is 0.320. The first-order valence-electron chi connectivity index (χ1n) is 5.20. The normalized spacial score (nSPS) is 26.8. The molecule has 0 heterocycles. The first-order chi connectivity index (χ1) is 6.60. The molecule has 0 saturated heterocycles. The number of hydrogen-bond acceptors (Lipinski definition) is 2. The van der Waals surface area contributed by atoms with Crippen LogP contribution in [0.5, 0.6) is 0 Å². The van der Waals surface area contributed by atoms with Gasteiger partial charge in [-0.2, -0.15) is 0 Å². The summed E-state index contributed by atoms with van der Waals surface area (Å²) < 4.78 is 0. The Morgan fingerprint density at radius 2 is 2.43 bits per heavy atom. The van der Waals surface area contributed by atoms with Crippen molar-refractivity contribution < 1.29 is 0 Å². The lowest BCUT2D eigenvalue weighted by Gasteiger charge is -2.18. The van der Waals surface area contributed by atoms with Crippen molar-refractivity contribution in [3.63, 3.8) is 0 Å². The van der Waals surface area contributed by atoms with Crippen molar-refractivity contribution in [2.24, 2.45) is 17.8 Å². The average Bonchev–Trinajstić information content (AvgIpc) is 2.92. The summed E-state index contributed by atoms with van der Waals surface area (Å²) in [5.41, 5.74) is 4.26. The zero-order chi connectivity index (χ0) is 10.7. The van der Waals surface area contributed by atoms with E-state index in [0.717, 1.165) is 18.4 Å². The second kappa shape index (κ2) is 4.60. The number of hydrogen-bond donors (Lipinski definition) is 2. The zero-order valence-corrected chi connectivity index (χ0v) is 9.38. The second-order valence-electron chi connectivity index (χ2n) is 4.30. The van der Waals surface area contributed by atoms with E-state index in [1.165, 1.54) is 18.3 Å². The summed E-state index contributed by atoms with van der Waals surface area (Å²) in [6.07, 6.45) is 2.63. The minimum absolute atomic E-state index is 0.629. The number of nitrogens with zero attached hydrogens (tertiary/aromatic N) is 1. The van der Waals surface area contributed by atoms with E-state index < -0.39 is 0 Å². The number of nitrogens with one attached hydrogen (secondary N) is 2. The molecule has 0 aromatic heterocycles. The molecule has 0 bridgehead atoms. The fourth-order valence-electron chi connectivity index (χ4n) is 1.92. The number of hydrazine groups is 1. The summed E-state index contributed by atoms with van der Waals surface area (Å²) in [5, 5.41) is 8.99. The van der Waals surface area contributed by atoms with Crippen molar-refractivity contribution in [3.8, 4) is 0 Å². The van der Waals surface area contributed by atoms with Crippen molar-refractivity contribution in [1.82, 2.24) is 10.4 Å². The van der Waals surface area contributed by atoms with Gasteiger partial charge in [0.2, 0.25) is 0 Å². The molecular formula is C11H21N3. The van der Waals surface area contributed by atoms with Gasteiger partial charge in [-0.3, -0.25) is 10.4 Å². The minimum atomic E-state index is 0.629. The van der Waals surface area contributed by atoms with Crippen LogP contribution in [-0.2, 0) is 0 Å². The molecule has 3 atom stereocenters. The monoisotopic (exact) mass is 195 g/mol. The van der Waals surface area contributed by atoms with Gasteiger partial charge in [0.1, 0.15) is 0 Å². The summed E-state index contributed by atoms with van der Waals surface area (Å²) in [6, 6.07) is 0. The van der Waals surface area contributed by atoms with Gasteiger partial charge in [0.25, 0.3) is 0 Å². The molecule has 1 aliphatic rings. The Labute approximate surface area is 86.7 Å². The summed E-state index contributed by atoms with van der Waals surface area (Å²) in [4.78, 5) is 0. The van der Waals surface area contributed by atoms with Crippen LogP contribution in [0.3, 0.4) is 0 Å². The molecule has 0 aromatic carbocycles. The topological polar surface area (TPSA) is 39.1 Å². The van der Waals surface area contributed by atoms with Gasteiger partial charge in [-0.05, 0) is 31.1 Å². The Morgan fingerprint density at radius 1 is 1.79 bits per heavy atom. The van der Waals surface area contributed by atoms with Crippen LogP contribution in [0.15, 0.2) is 12.2 Å². The van der Waals surface area contributed by atoms with Crippen molar-refractivity contribution in [2.45, 2.75) is 20.3 Å². The van der Waals surface area contributed by atoms with E-state index in [9.17, 15) is 0 Å². The molecule has 0 amide bonds. The highest BCUT2D eigenvalue weighted by molar-refractivity contribution is 5.49. The van der Waals surface area contributed by atoms with Crippen molar-refractivity contribution >= 4 is 6.34 Å². The Bertz CT molecular complexity index is 225. The Hall–Kier alpha value is -0.830. The van der Waals surface area contributed by atoms with Crippen LogP contribution in [0.2, 0.25) is 0 Å². The first-order valence-corrected chi connectivity index (χ1v) is 5.20. The maximum Gasteiger partial charge on any atom is 0.0960 e. The molecule has 80 valence electrons. The van der Waals surface area contributed by atoms with Crippen molar-refractivity contribution in [3.05, 3.63) is 12.2 Å². The number of allylic oxidation sites excluding steroid dienone is 1. The molecule has 1 rings (SSSR count). The predicted molar refractivity (Wildman–Crippen MR) is 60.1 cm³/mol. The van der Waals surface area contributed by atoms with Crippen molar-refractivity contribution in [2.75, 3.05) is 13.6 Å². The van der Waals surface area contributed by atoms with Gasteiger partial charge in [-0.1, -0.05) is 19.1 Å². The van der Waals surface area contributed by atoms with Crippen molar-refractivity contribution in [1.29, 1.82) is 5.41 Å². The third-order valence-electron chi connectivity index (χ3n) is 3.27. The summed E-state index contributed by atoms with van der Waals surface area (Å²) in [5.74, 6) is 2.14. The Kier molecular flexibility index (Phi) is 3.69. The summed E-state index contributed by atoms with van der Waals surface area (Å²) in [6.45, 7) is 9.30. The molecule has 2 N–H and O–H groups in total. The van der Waals surface area contributed by atoms with E-state index in [1.54, 1.807) is 0 Å². The first kappa shape index (κ1) is 11.2. The van der Waals surface area contributed by atoms with E-state index in [0.29, 0.717) is 5.92 Å². The van der Waals surface area contributed by atoms with Gasteiger partial charge in [-0.25, -0.2) is 5.43 Å². The molecule has 3 heteroatoms. The fourth-order valence-corrected chi connectivity index (χ4v) is 1.92. The molecule has 14 heavy (non-hydrogen) atoms. The maximum absolute atomic E-state index is 7.16. The summed E-state index contributed by atoms with van der Waals surface area (Å²) >= 11 is 0. The van der Waals surface area contributed by atoms with Crippen LogP contribution in [0, 0.1) is 23.2 Å². The molecule has 1 saturated carbocycles. The molecule has 1 fully saturated rings. The third kappa shape index (κ3) is 2.58. The molecule has 1 unspecified atom stereocenters. The van der Waals surface area contributed by atoms with Crippen LogP contribution in [0.1, 0.15) is 20.3 Å². The Morgan fingerprint density at radius 3 is 2.86 bits per heavy atom. The van der Waals surface area contributed by atoms with E-state index in [2.05, 4.69) is 25.9 Å². The maximum atomic E-state index is 7.16. The van der Waals surface area contributed by atoms with Crippen LogP contribution >= 0.6 is 0 Å². The van der Waals surface area contributed by atoms with Crippen LogP contribution in [-0.4, -0.2) is 24.9 Å². The highest BCUT2D eigenvalue weighted by atomic mass is 15.5. The fraction of sp³-hybridized carbons (Fsp3) is 0.727. The smallest absolute Gasteiger partial charge is 0.0960 e. The van der Waals surface area contributed by atoms with Crippen LogP contribution in [0.4, 0.5) is 0 Å². The molecule has 1 aliphatic carbocycles. The molecule has 0 spiro atoms. The van der Waals surface area contributed by atoms with Gasteiger partial charge in [0.05, 0.1) is 6.34 Å². The van der Waals surface area contributed by atoms with Gasteiger partial charge < -0.3 is 0 Å². The standard InChI is InChI=1S/C11H21N3/c1-8(2)9(3)11-5-10(11)6-14(7-12)13-4/h7,9-13H,1,5-6H2,2-4H3/t9-,10?,11-/m0/s1. The van der Waals surface area contributed by atoms with Gasteiger partial charge in [0, 0.05) is 13.6 Å². The molecule has 3 nitrogen and oxygen atoms in total. The molecule has 0 aliphatic heterocycles.